The Kier molecular flexibility index (Phi) is 3.71. The van der Waals surface area contributed by atoms with Crippen LogP contribution in [0, 0.1) is 5.92 Å². The van der Waals surface area contributed by atoms with E-state index in [9.17, 15) is 4.79 Å². The van der Waals surface area contributed by atoms with E-state index in [4.69, 9.17) is 17.3 Å². The van der Waals surface area contributed by atoms with Gasteiger partial charge in [0.1, 0.15) is 5.02 Å². The molecular weight excluding hydrogens is 240 g/mol. The number of halogens is 1. The number of nitrogens with one attached hydrogen (secondary N) is 1. The fourth-order valence-electron chi connectivity index (χ4n) is 1.21. The van der Waals surface area contributed by atoms with Crippen LogP contribution in [0.1, 0.15) is 40.3 Å². The summed E-state index contributed by atoms with van der Waals surface area (Å²) >= 11 is 6.10. The highest BCUT2D eigenvalue weighted by atomic mass is 35.5. The van der Waals surface area contributed by atoms with Gasteiger partial charge >= 0.3 is 0 Å². The summed E-state index contributed by atoms with van der Waals surface area (Å²) in [6.45, 7) is 9.53. The van der Waals surface area contributed by atoms with Gasteiger partial charge in [0.25, 0.3) is 0 Å². The molecule has 5 nitrogen and oxygen atoms in total. The number of nitrogens with two attached hydrogens (primary N) is 1. The van der Waals surface area contributed by atoms with Gasteiger partial charge < -0.3 is 5.73 Å². The molecule has 1 aromatic heterocycles. The number of rotatable bonds is 2. The van der Waals surface area contributed by atoms with Crippen LogP contribution in [0.25, 0.3) is 0 Å². The van der Waals surface area contributed by atoms with E-state index in [1.165, 1.54) is 4.79 Å². The molecule has 0 spiro atoms. The molecule has 1 aromatic rings. The Hall–Kier alpha value is -1.23. The second kappa shape index (κ2) is 4.56. The second-order valence-corrected chi connectivity index (χ2v) is 5.72. The summed E-state index contributed by atoms with van der Waals surface area (Å²) in [5.74, 6) is -0.0441. The van der Waals surface area contributed by atoms with E-state index in [1.54, 1.807) is 13.8 Å². The number of anilines is 1. The molecule has 17 heavy (non-hydrogen) atoms. The van der Waals surface area contributed by atoms with E-state index < -0.39 is 0 Å². The van der Waals surface area contributed by atoms with Gasteiger partial charge in [0.05, 0.1) is 5.69 Å². The summed E-state index contributed by atoms with van der Waals surface area (Å²) in [4.78, 5) is 12.8. The van der Waals surface area contributed by atoms with Crippen LogP contribution in [-0.4, -0.2) is 15.8 Å². The van der Waals surface area contributed by atoms with Gasteiger partial charge in [0, 0.05) is 11.3 Å². The monoisotopic (exact) mass is 258 g/mol. The van der Waals surface area contributed by atoms with Crippen molar-refractivity contribution in [2.75, 3.05) is 11.2 Å². The third kappa shape index (κ3) is 2.91. The second-order valence-electron chi connectivity index (χ2n) is 5.34. The summed E-state index contributed by atoms with van der Waals surface area (Å²) in [6.07, 6.45) is 0. The fraction of sp³-hybridized carbons (Fsp3) is 0.636. The zero-order chi connectivity index (χ0) is 13.4. The van der Waals surface area contributed by atoms with Gasteiger partial charge in [-0.15, -0.1) is 0 Å². The minimum atomic E-state index is -0.223. The van der Waals surface area contributed by atoms with Crippen molar-refractivity contribution in [3.63, 3.8) is 0 Å². The van der Waals surface area contributed by atoms with Crippen LogP contribution in [0.4, 0.5) is 5.82 Å². The molecule has 0 aliphatic rings. The summed E-state index contributed by atoms with van der Waals surface area (Å²) in [5, 5.41) is 4.62. The van der Waals surface area contributed by atoms with Crippen molar-refractivity contribution in [3.8, 4) is 0 Å². The van der Waals surface area contributed by atoms with Gasteiger partial charge in [-0.3, -0.25) is 4.79 Å². The van der Waals surface area contributed by atoms with Crippen LogP contribution >= 0.6 is 11.6 Å². The number of carbonyl (C=O) groups is 1. The first-order chi connectivity index (χ1) is 7.64. The number of nitrogens with zero attached hydrogens (tertiary/aromatic N) is 2. The van der Waals surface area contributed by atoms with Crippen molar-refractivity contribution in [1.29, 1.82) is 0 Å². The van der Waals surface area contributed by atoms with Crippen molar-refractivity contribution < 1.29 is 4.79 Å². The number of nitrogen functional groups attached to an aromatic ring is 1. The SMILES string of the molecule is CC(C)C(=O)Nn1nc(C(C)(C)C)c(Cl)c1N. The third-order valence-electron chi connectivity index (χ3n) is 2.31. The molecule has 6 heteroatoms. The molecule has 1 heterocycles. The average molecular weight is 259 g/mol. The van der Waals surface area contributed by atoms with Crippen LogP contribution in [-0.2, 0) is 10.2 Å². The molecule has 0 fully saturated rings. The number of aromatic nitrogens is 2. The highest BCUT2D eigenvalue weighted by Gasteiger charge is 2.25. The Balaban J connectivity index is 3.08. The standard InChI is InChI=1S/C11H19ClN4O/c1-6(2)10(17)15-16-9(13)7(12)8(14-16)11(3,4)5/h6H,13H2,1-5H3,(H,15,17). The first-order valence-electron chi connectivity index (χ1n) is 5.50. The molecule has 1 rings (SSSR count). The van der Waals surface area contributed by atoms with Crippen LogP contribution in [0.5, 0.6) is 0 Å². The lowest BCUT2D eigenvalue weighted by Gasteiger charge is -2.15. The lowest BCUT2D eigenvalue weighted by atomic mass is 9.92. The lowest BCUT2D eigenvalue weighted by Crippen LogP contribution is -2.29. The largest absolute Gasteiger partial charge is 0.381 e. The van der Waals surface area contributed by atoms with Crippen molar-refractivity contribution >= 4 is 23.3 Å². The first kappa shape index (κ1) is 13.8. The number of hydrogen-bond acceptors (Lipinski definition) is 3. The number of carbonyl (C=O) groups excluding carboxylic acids is 1. The van der Waals surface area contributed by atoms with E-state index in [-0.39, 0.29) is 23.1 Å². The lowest BCUT2D eigenvalue weighted by molar-refractivity contribution is -0.119. The van der Waals surface area contributed by atoms with Crippen LogP contribution in [0.2, 0.25) is 5.02 Å². The van der Waals surface area contributed by atoms with Crippen molar-refractivity contribution in [3.05, 3.63) is 10.7 Å². The van der Waals surface area contributed by atoms with Gasteiger partial charge in [-0.05, 0) is 0 Å². The van der Waals surface area contributed by atoms with Crippen molar-refractivity contribution in [2.24, 2.45) is 5.92 Å². The summed E-state index contributed by atoms with van der Waals surface area (Å²) < 4.78 is 0. The van der Waals surface area contributed by atoms with E-state index in [0.717, 1.165) is 0 Å². The fourth-order valence-corrected chi connectivity index (χ4v) is 1.61. The molecule has 1 amide bonds. The van der Waals surface area contributed by atoms with Gasteiger partial charge in [-0.2, -0.15) is 9.89 Å². The Labute approximate surface area is 106 Å². The zero-order valence-corrected chi connectivity index (χ0v) is 11.6. The molecule has 0 saturated carbocycles. The maximum Gasteiger partial charge on any atom is 0.242 e. The Morgan fingerprint density at radius 2 is 2.00 bits per heavy atom. The van der Waals surface area contributed by atoms with Gasteiger partial charge in [-0.1, -0.05) is 46.2 Å². The molecule has 96 valence electrons. The first-order valence-corrected chi connectivity index (χ1v) is 5.87. The Bertz CT molecular complexity index is 431. The van der Waals surface area contributed by atoms with Crippen LogP contribution in [0.15, 0.2) is 0 Å². The number of amides is 1. The van der Waals surface area contributed by atoms with Crippen molar-refractivity contribution in [2.45, 2.75) is 40.0 Å². The predicted molar refractivity (Wildman–Crippen MR) is 69.6 cm³/mol. The summed E-state index contributed by atoms with van der Waals surface area (Å²) in [7, 11) is 0. The Morgan fingerprint density at radius 1 is 1.47 bits per heavy atom. The van der Waals surface area contributed by atoms with E-state index in [0.29, 0.717) is 10.7 Å². The van der Waals surface area contributed by atoms with Crippen LogP contribution in [0.3, 0.4) is 0 Å². The Morgan fingerprint density at radius 3 is 2.35 bits per heavy atom. The molecule has 0 aliphatic carbocycles. The molecule has 0 bridgehead atoms. The van der Waals surface area contributed by atoms with E-state index >= 15 is 0 Å². The molecule has 0 atom stereocenters. The highest BCUT2D eigenvalue weighted by molar-refractivity contribution is 6.33. The maximum atomic E-state index is 11.6. The number of hydrogen-bond donors (Lipinski definition) is 2. The quantitative estimate of drug-likeness (QED) is 0.854. The molecular formula is C11H19ClN4O. The topological polar surface area (TPSA) is 72.9 Å². The third-order valence-corrected chi connectivity index (χ3v) is 2.68. The molecule has 0 unspecified atom stereocenters. The smallest absolute Gasteiger partial charge is 0.242 e. The predicted octanol–water partition coefficient (Wildman–Crippen LogP) is 2.14. The normalized spacial score (nSPS) is 11.9. The van der Waals surface area contributed by atoms with E-state index in [2.05, 4.69) is 10.5 Å². The highest BCUT2D eigenvalue weighted by Crippen LogP contribution is 2.31. The molecule has 0 saturated heterocycles. The maximum absolute atomic E-state index is 11.6. The van der Waals surface area contributed by atoms with Crippen molar-refractivity contribution in [1.82, 2.24) is 9.89 Å². The molecule has 0 aromatic carbocycles. The molecule has 3 N–H and O–H groups in total. The summed E-state index contributed by atoms with van der Waals surface area (Å²) in [6, 6.07) is 0. The molecule has 0 radical (unpaired) electrons. The minimum absolute atomic E-state index is 0.143. The van der Waals surface area contributed by atoms with Gasteiger partial charge in [-0.25, -0.2) is 5.43 Å². The average Bonchev–Trinajstić information content (AvgIpc) is 2.45. The molecule has 0 aliphatic heterocycles. The van der Waals surface area contributed by atoms with E-state index in [1.807, 2.05) is 20.8 Å². The van der Waals surface area contributed by atoms with Crippen LogP contribution < -0.4 is 11.2 Å². The minimum Gasteiger partial charge on any atom is -0.381 e. The van der Waals surface area contributed by atoms with Gasteiger partial charge in [0.2, 0.25) is 5.91 Å². The van der Waals surface area contributed by atoms with Gasteiger partial charge in [0.15, 0.2) is 5.82 Å². The summed E-state index contributed by atoms with van der Waals surface area (Å²) in [5.41, 5.74) is 8.85. The zero-order valence-electron chi connectivity index (χ0n) is 10.8.